The second kappa shape index (κ2) is 7.84. The van der Waals surface area contributed by atoms with Crippen molar-refractivity contribution in [3.8, 4) is 0 Å². The molecule has 0 aliphatic carbocycles. The van der Waals surface area contributed by atoms with Crippen molar-refractivity contribution in [3.63, 3.8) is 0 Å². The minimum Gasteiger partial charge on any atom is -0.465 e. The van der Waals surface area contributed by atoms with Crippen molar-refractivity contribution >= 4 is 12.2 Å². The predicted octanol–water partition coefficient (Wildman–Crippen LogP) is 3.21. The first kappa shape index (κ1) is 15.6. The van der Waals surface area contributed by atoms with E-state index < -0.39 is 6.09 Å². The molecule has 4 nitrogen and oxygen atoms in total. The molecule has 0 radical (unpaired) electrons. The lowest BCUT2D eigenvalue weighted by Crippen LogP contribution is -2.36. The van der Waals surface area contributed by atoms with Crippen LogP contribution in [0.25, 0.3) is 6.08 Å². The van der Waals surface area contributed by atoms with Crippen LogP contribution in [-0.4, -0.2) is 41.8 Å². The van der Waals surface area contributed by atoms with Crippen LogP contribution in [0.1, 0.15) is 31.7 Å². The van der Waals surface area contributed by atoms with Crippen LogP contribution >= 0.6 is 0 Å². The van der Waals surface area contributed by atoms with E-state index in [1.807, 2.05) is 18.2 Å². The summed E-state index contributed by atoms with van der Waals surface area (Å²) in [6.45, 7) is 4.50. The lowest BCUT2D eigenvalue weighted by atomic mass is 10.1. The van der Waals surface area contributed by atoms with E-state index in [1.165, 1.54) is 11.1 Å². The maximum absolute atomic E-state index is 11.1. The molecule has 4 heteroatoms. The lowest BCUT2D eigenvalue weighted by Gasteiger charge is -2.21. The molecule has 1 amide bonds. The molecule has 1 atom stereocenters. The molecule has 0 bridgehead atoms. The van der Waals surface area contributed by atoms with E-state index in [1.54, 1.807) is 4.90 Å². The van der Waals surface area contributed by atoms with Crippen LogP contribution in [0.2, 0.25) is 0 Å². The molecule has 1 heterocycles. The number of rotatable bonds is 6. The van der Waals surface area contributed by atoms with Crippen molar-refractivity contribution in [2.45, 2.75) is 32.2 Å². The van der Waals surface area contributed by atoms with Crippen LogP contribution in [0.5, 0.6) is 0 Å². The summed E-state index contributed by atoms with van der Waals surface area (Å²) in [4.78, 5) is 12.6. The summed E-state index contributed by atoms with van der Waals surface area (Å²) in [6.07, 6.45) is 4.27. The Labute approximate surface area is 126 Å². The number of amides is 1. The molecule has 1 aromatic carbocycles. The Hall–Kier alpha value is -1.81. The number of likely N-dealkylation sites (tertiary alicyclic amines) is 1. The third-order valence-corrected chi connectivity index (χ3v) is 3.89. The van der Waals surface area contributed by atoms with Gasteiger partial charge in [0.25, 0.3) is 0 Å². The quantitative estimate of drug-likeness (QED) is 0.790. The van der Waals surface area contributed by atoms with Crippen molar-refractivity contribution in [2.75, 3.05) is 19.6 Å². The van der Waals surface area contributed by atoms with Gasteiger partial charge < -0.3 is 15.3 Å². The zero-order valence-corrected chi connectivity index (χ0v) is 12.6. The van der Waals surface area contributed by atoms with Gasteiger partial charge >= 0.3 is 6.09 Å². The summed E-state index contributed by atoms with van der Waals surface area (Å²) < 4.78 is 0. The van der Waals surface area contributed by atoms with Crippen LogP contribution in [0.3, 0.4) is 0 Å². The number of benzene rings is 1. The van der Waals surface area contributed by atoms with Crippen LogP contribution in [0.15, 0.2) is 35.9 Å². The first-order valence-corrected chi connectivity index (χ1v) is 7.59. The fourth-order valence-corrected chi connectivity index (χ4v) is 2.83. The zero-order chi connectivity index (χ0) is 15.1. The smallest absolute Gasteiger partial charge is 0.407 e. The molecule has 0 spiro atoms. The highest BCUT2D eigenvalue weighted by molar-refractivity contribution is 5.65. The molecule has 1 aliphatic heterocycles. The Morgan fingerprint density at radius 3 is 2.90 bits per heavy atom. The van der Waals surface area contributed by atoms with E-state index in [0.29, 0.717) is 6.54 Å². The van der Waals surface area contributed by atoms with Crippen LogP contribution < -0.4 is 5.32 Å². The van der Waals surface area contributed by atoms with Gasteiger partial charge in [0.1, 0.15) is 0 Å². The van der Waals surface area contributed by atoms with Crippen LogP contribution in [-0.2, 0) is 0 Å². The SMILES string of the molecule is CC(=Cc1ccccc1)CNCCC1CCCN1C(=O)O. The Kier molecular flexibility index (Phi) is 5.81. The zero-order valence-electron chi connectivity index (χ0n) is 12.6. The van der Waals surface area contributed by atoms with Crippen molar-refractivity contribution < 1.29 is 9.90 Å². The highest BCUT2D eigenvalue weighted by Gasteiger charge is 2.27. The van der Waals surface area contributed by atoms with Gasteiger partial charge in [0.05, 0.1) is 0 Å². The van der Waals surface area contributed by atoms with Gasteiger partial charge in [-0.3, -0.25) is 0 Å². The number of nitrogens with zero attached hydrogens (tertiary/aromatic N) is 1. The fourth-order valence-electron chi connectivity index (χ4n) is 2.83. The molecule has 21 heavy (non-hydrogen) atoms. The molecular weight excluding hydrogens is 264 g/mol. The molecule has 0 aromatic heterocycles. The maximum Gasteiger partial charge on any atom is 0.407 e. The average Bonchev–Trinajstić information content (AvgIpc) is 2.93. The third kappa shape index (κ3) is 4.90. The monoisotopic (exact) mass is 288 g/mol. The Bertz CT molecular complexity index is 485. The molecule has 2 N–H and O–H groups in total. The van der Waals surface area contributed by atoms with Crippen molar-refractivity contribution in [1.82, 2.24) is 10.2 Å². The van der Waals surface area contributed by atoms with Crippen molar-refractivity contribution in [2.24, 2.45) is 0 Å². The normalized spacial score (nSPS) is 19.0. The van der Waals surface area contributed by atoms with Crippen molar-refractivity contribution in [3.05, 3.63) is 41.5 Å². The van der Waals surface area contributed by atoms with E-state index in [4.69, 9.17) is 5.11 Å². The maximum atomic E-state index is 11.1. The summed E-state index contributed by atoms with van der Waals surface area (Å²) in [7, 11) is 0. The van der Waals surface area contributed by atoms with Gasteiger partial charge in [-0.15, -0.1) is 0 Å². The molecule has 1 saturated heterocycles. The van der Waals surface area contributed by atoms with Crippen LogP contribution in [0.4, 0.5) is 4.79 Å². The number of hydrogen-bond acceptors (Lipinski definition) is 2. The fraction of sp³-hybridized carbons (Fsp3) is 0.471. The minimum absolute atomic E-state index is 0.188. The summed E-state index contributed by atoms with van der Waals surface area (Å²) in [5.74, 6) is 0. The van der Waals surface area contributed by atoms with E-state index >= 15 is 0 Å². The highest BCUT2D eigenvalue weighted by atomic mass is 16.4. The molecule has 2 rings (SSSR count). The number of carbonyl (C=O) groups is 1. The third-order valence-electron chi connectivity index (χ3n) is 3.89. The second-order valence-electron chi connectivity index (χ2n) is 5.64. The predicted molar refractivity (Wildman–Crippen MR) is 85.3 cm³/mol. The summed E-state index contributed by atoms with van der Waals surface area (Å²) in [5, 5.41) is 12.5. The van der Waals surface area contributed by atoms with Crippen LogP contribution in [0, 0.1) is 0 Å². The van der Waals surface area contributed by atoms with Gasteiger partial charge in [0.2, 0.25) is 0 Å². The number of hydrogen-bond donors (Lipinski definition) is 2. The molecule has 114 valence electrons. The van der Waals surface area contributed by atoms with E-state index in [0.717, 1.165) is 32.4 Å². The number of nitrogens with one attached hydrogen (secondary N) is 1. The first-order chi connectivity index (χ1) is 10.2. The minimum atomic E-state index is -0.780. The molecule has 1 aromatic rings. The van der Waals surface area contributed by atoms with E-state index in [-0.39, 0.29) is 6.04 Å². The van der Waals surface area contributed by atoms with Gasteiger partial charge in [0.15, 0.2) is 0 Å². The molecule has 1 unspecified atom stereocenters. The Morgan fingerprint density at radius 1 is 1.43 bits per heavy atom. The topological polar surface area (TPSA) is 52.6 Å². The molecule has 1 fully saturated rings. The molecule has 0 saturated carbocycles. The van der Waals surface area contributed by atoms with Gasteiger partial charge in [-0.25, -0.2) is 4.79 Å². The largest absolute Gasteiger partial charge is 0.465 e. The second-order valence-corrected chi connectivity index (χ2v) is 5.64. The van der Waals surface area contributed by atoms with Crippen molar-refractivity contribution in [1.29, 1.82) is 0 Å². The molecular formula is C17H24N2O2. The van der Waals surface area contributed by atoms with Gasteiger partial charge in [0, 0.05) is 19.1 Å². The lowest BCUT2D eigenvalue weighted by molar-refractivity contribution is 0.138. The van der Waals surface area contributed by atoms with E-state index in [2.05, 4.69) is 30.4 Å². The average molecular weight is 288 g/mol. The number of carboxylic acid groups (broad SMARTS) is 1. The van der Waals surface area contributed by atoms with Gasteiger partial charge in [-0.2, -0.15) is 0 Å². The Morgan fingerprint density at radius 2 is 2.19 bits per heavy atom. The molecule has 1 aliphatic rings. The summed E-state index contributed by atoms with van der Waals surface area (Å²) in [5.41, 5.74) is 2.49. The Balaban J connectivity index is 1.70. The first-order valence-electron chi connectivity index (χ1n) is 7.59. The summed E-state index contributed by atoms with van der Waals surface area (Å²) >= 11 is 0. The summed E-state index contributed by atoms with van der Waals surface area (Å²) in [6, 6.07) is 10.5. The van der Waals surface area contributed by atoms with E-state index in [9.17, 15) is 4.79 Å². The van der Waals surface area contributed by atoms with Gasteiger partial charge in [-0.1, -0.05) is 42.0 Å². The van der Waals surface area contributed by atoms with Gasteiger partial charge in [-0.05, 0) is 38.3 Å². The standard InChI is InChI=1S/C17H24N2O2/c1-14(12-15-6-3-2-4-7-15)13-18-10-9-16-8-5-11-19(16)17(20)21/h2-4,6-7,12,16,18H,5,8-11,13H2,1H3,(H,20,21). The highest BCUT2D eigenvalue weighted by Crippen LogP contribution is 2.19.